The third kappa shape index (κ3) is 5.58. The number of carbonyl (C=O) groups excluding carboxylic acids is 2. The molecule has 0 fully saturated rings. The summed E-state index contributed by atoms with van der Waals surface area (Å²) in [7, 11) is 4.79. The number of ether oxygens (including phenoxy) is 3. The summed E-state index contributed by atoms with van der Waals surface area (Å²) in [5, 5.41) is 8.07. The number of methoxy groups -OCH3 is 3. The van der Waals surface area contributed by atoms with E-state index in [0.29, 0.717) is 35.9 Å². The van der Waals surface area contributed by atoms with Gasteiger partial charge in [-0.2, -0.15) is 5.10 Å². The normalized spacial score (nSPS) is 14.9. The first kappa shape index (κ1) is 25.4. The minimum atomic E-state index is -0.379. The van der Waals surface area contributed by atoms with Crippen molar-refractivity contribution >= 4 is 28.9 Å². The highest BCUT2D eigenvalue weighted by molar-refractivity contribution is 7.12. The first-order valence-corrected chi connectivity index (χ1v) is 12.4. The molecule has 36 heavy (non-hydrogen) atoms. The number of rotatable bonds is 10. The van der Waals surface area contributed by atoms with Gasteiger partial charge in [-0.25, -0.2) is 5.01 Å². The van der Waals surface area contributed by atoms with Crippen LogP contribution in [0, 0.1) is 0 Å². The molecule has 0 spiro atoms. The highest BCUT2D eigenvalue weighted by Gasteiger charge is 2.36. The average Bonchev–Trinajstić information content (AvgIpc) is 3.61. The number of carbonyl (C=O) groups is 2. The van der Waals surface area contributed by atoms with E-state index in [9.17, 15) is 9.59 Å². The number of hydrogen-bond acceptors (Lipinski definition) is 7. The Morgan fingerprint density at radius 2 is 1.89 bits per heavy atom. The molecule has 2 aromatic carbocycles. The second-order valence-electron chi connectivity index (χ2n) is 8.18. The maximum atomic E-state index is 13.7. The molecule has 1 atom stereocenters. The molecule has 3 aromatic rings. The van der Waals surface area contributed by atoms with E-state index < -0.39 is 0 Å². The van der Waals surface area contributed by atoms with Gasteiger partial charge in [-0.1, -0.05) is 36.4 Å². The fourth-order valence-corrected chi connectivity index (χ4v) is 4.84. The van der Waals surface area contributed by atoms with Crippen LogP contribution in [0.3, 0.4) is 0 Å². The zero-order valence-electron chi connectivity index (χ0n) is 20.5. The van der Waals surface area contributed by atoms with Crippen LogP contribution < -0.4 is 9.47 Å². The predicted octanol–water partition coefficient (Wildman–Crippen LogP) is 4.23. The third-order valence-electron chi connectivity index (χ3n) is 5.98. The summed E-state index contributed by atoms with van der Waals surface area (Å²) in [5.74, 6) is 0.889. The van der Waals surface area contributed by atoms with Crippen LogP contribution in [-0.4, -0.2) is 68.5 Å². The van der Waals surface area contributed by atoms with Gasteiger partial charge in [0, 0.05) is 31.2 Å². The molecule has 0 aliphatic carbocycles. The maximum Gasteiger partial charge on any atom is 0.264 e. The van der Waals surface area contributed by atoms with Gasteiger partial charge in [0.05, 0.1) is 37.5 Å². The second-order valence-corrected chi connectivity index (χ2v) is 9.12. The molecular weight excluding hydrogens is 478 g/mol. The van der Waals surface area contributed by atoms with Gasteiger partial charge in [-0.05, 0) is 29.6 Å². The molecule has 0 radical (unpaired) electrons. The number of benzene rings is 2. The molecule has 0 bridgehead atoms. The lowest BCUT2D eigenvalue weighted by Gasteiger charge is -2.27. The van der Waals surface area contributed by atoms with Gasteiger partial charge in [0.1, 0.15) is 18.0 Å². The smallest absolute Gasteiger partial charge is 0.264 e. The molecule has 188 valence electrons. The topological polar surface area (TPSA) is 80.7 Å². The molecule has 2 amide bonds. The standard InChI is InChI=1S/C27H29N3O5S/c1-33-14-13-29(27(32)25-12-7-15-36-25)18-26(31)30-23(21-10-4-5-11-24(21)35-3)17-22(28-30)19-8-6-9-20(16-19)34-2/h4-12,15-16,23H,13-14,17-18H2,1-3H3/t23-/m0/s1. The van der Waals surface area contributed by atoms with Crippen LogP contribution in [0.2, 0.25) is 0 Å². The lowest BCUT2D eigenvalue weighted by molar-refractivity contribution is -0.133. The summed E-state index contributed by atoms with van der Waals surface area (Å²) in [6.07, 6.45) is 0.496. The lowest BCUT2D eigenvalue weighted by Crippen LogP contribution is -2.42. The number of thiophene rings is 1. The SMILES string of the molecule is COCCN(CC(=O)N1N=C(c2cccc(OC)c2)C[C@H]1c1ccccc1OC)C(=O)c1cccs1. The van der Waals surface area contributed by atoms with Crippen LogP contribution in [0.4, 0.5) is 0 Å². The Bertz CT molecular complexity index is 1230. The van der Waals surface area contributed by atoms with E-state index in [1.54, 1.807) is 27.4 Å². The average molecular weight is 508 g/mol. The third-order valence-corrected chi connectivity index (χ3v) is 6.84. The van der Waals surface area contributed by atoms with Crippen molar-refractivity contribution in [3.8, 4) is 11.5 Å². The van der Waals surface area contributed by atoms with Crippen LogP contribution in [0.1, 0.15) is 33.3 Å². The van der Waals surface area contributed by atoms with Crippen molar-refractivity contribution in [2.24, 2.45) is 5.10 Å². The molecule has 1 aliphatic rings. The van der Waals surface area contributed by atoms with Gasteiger partial charge < -0.3 is 19.1 Å². The first-order chi connectivity index (χ1) is 17.5. The predicted molar refractivity (Wildman–Crippen MR) is 139 cm³/mol. The quantitative estimate of drug-likeness (QED) is 0.410. The number of hydrazone groups is 1. The maximum absolute atomic E-state index is 13.7. The Balaban J connectivity index is 1.66. The number of para-hydroxylation sites is 1. The summed E-state index contributed by atoms with van der Waals surface area (Å²) in [6, 6.07) is 18.4. The fraction of sp³-hybridized carbons (Fsp3) is 0.296. The van der Waals surface area contributed by atoms with Crippen LogP contribution >= 0.6 is 11.3 Å². The van der Waals surface area contributed by atoms with Gasteiger partial charge in [0.15, 0.2) is 0 Å². The molecule has 0 N–H and O–H groups in total. The van der Waals surface area contributed by atoms with Crippen molar-refractivity contribution in [1.29, 1.82) is 0 Å². The Morgan fingerprint density at radius 3 is 2.61 bits per heavy atom. The minimum Gasteiger partial charge on any atom is -0.497 e. The van der Waals surface area contributed by atoms with E-state index in [0.717, 1.165) is 16.8 Å². The molecule has 0 saturated heterocycles. The summed E-state index contributed by atoms with van der Waals surface area (Å²) in [6.45, 7) is 0.484. The molecule has 9 heteroatoms. The van der Waals surface area contributed by atoms with Crippen molar-refractivity contribution in [3.63, 3.8) is 0 Å². The van der Waals surface area contributed by atoms with Crippen LogP contribution in [0.5, 0.6) is 11.5 Å². The zero-order chi connectivity index (χ0) is 25.5. The largest absolute Gasteiger partial charge is 0.497 e. The Morgan fingerprint density at radius 1 is 1.06 bits per heavy atom. The Kier molecular flexibility index (Phi) is 8.35. The van der Waals surface area contributed by atoms with E-state index in [2.05, 4.69) is 0 Å². The van der Waals surface area contributed by atoms with E-state index in [4.69, 9.17) is 19.3 Å². The first-order valence-electron chi connectivity index (χ1n) is 11.5. The van der Waals surface area contributed by atoms with Gasteiger partial charge in [-0.3, -0.25) is 9.59 Å². The van der Waals surface area contributed by atoms with E-state index in [1.807, 2.05) is 60.0 Å². The Hall–Kier alpha value is -3.69. The molecule has 1 aliphatic heterocycles. The molecule has 2 heterocycles. The lowest BCUT2D eigenvalue weighted by atomic mass is 9.97. The van der Waals surface area contributed by atoms with Gasteiger partial charge >= 0.3 is 0 Å². The van der Waals surface area contributed by atoms with Crippen LogP contribution in [0.25, 0.3) is 0 Å². The van der Waals surface area contributed by atoms with Gasteiger partial charge in [0.2, 0.25) is 0 Å². The molecule has 0 unspecified atom stereocenters. The molecule has 4 rings (SSSR count). The number of hydrogen-bond donors (Lipinski definition) is 0. The van der Waals surface area contributed by atoms with E-state index >= 15 is 0 Å². The minimum absolute atomic E-state index is 0.124. The highest BCUT2D eigenvalue weighted by Crippen LogP contribution is 2.37. The molecule has 1 aromatic heterocycles. The zero-order valence-corrected chi connectivity index (χ0v) is 21.4. The Labute approximate surface area is 214 Å². The van der Waals surface area contributed by atoms with Crippen LogP contribution in [-0.2, 0) is 9.53 Å². The number of amides is 2. The molecule has 0 saturated carbocycles. The fourth-order valence-electron chi connectivity index (χ4n) is 4.15. The van der Waals surface area contributed by atoms with Gasteiger partial charge in [-0.15, -0.1) is 11.3 Å². The molecular formula is C27H29N3O5S. The van der Waals surface area contributed by atoms with Crippen molar-refractivity contribution in [1.82, 2.24) is 9.91 Å². The van der Waals surface area contributed by atoms with Crippen LogP contribution in [0.15, 0.2) is 71.1 Å². The highest BCUT2D eigenvalue weighted by atomic mass is 32.1. The summed E-state index contributed by atoms with van der Waals surface area (Å²) in [5.41, 5.74) is 2.48. The summed E-state index contributed by atoms with van der Waals surface area (Å²) >= 11 is 1.34. The molecule has 8 nitrogen and oxygen atoms in total. The van der Waals surface area contributed by atoms with Crippen molar-refractivity contribution in [2.75, 3.05) is 41.0 Å². The van der Waals surface area contributed by atoms with Crippen molar-refractivity contribution in [2.45, 2.75) is 12.5 Å². The van der Waals surface area contributed by atoms with E-state index in [1.165, 1.54) is 21.2 Å². The van der Waals surface area contributed by atoms with Gasteiger partial charge in [0.25, 0.3) is 11.8 Å². The summed E-state index contributed by atoms with van der Waals surface area (Å²) in [4.78, 5) is 28.9. The summed E-state index contributed by atoms with van der Waals surface area (Å²) < 4.78 is 16.2. The second kappa shape index (κ2) is 11.8. The monoisotopic (exact) mass is 507 g/mol. The van der Waals surface area contributed by atoms with Crippen molar-refractivity contribution < 1.29 is 23.8 Å². The number of nitrogens with zero attached hydrogens (tertiary/aromatic N) is 3. The van der Waals surface area contributed by atoms with E-state index in [-0.39, 0.29) is 24.4 Å². The van der Waals surface area contributed by atoms with Crippen molar-refractivity contribution in [3.05, 3.63) is 82.0 Å².